The van der Waals surface area contributed by atoms with Crippen molar-refractivity contribution in [3.63, 3.8) is 0 Å². The number of halogens is 1. The maximum Gasteiger partial charge on any atom is 0.155 e. The minimum atomic E-state index is 0.195. The highest BCUT2D eigenvalue weighted by Gasteiger charge is 2.02. The molecule has 0 saturated carbocycles. The summed E-state index contributed by atoms with van der Waals surface area (Å²) in [6.07, 6.45) is 1.42. The molecule has 0 spiro atoms. The number of aromatic amines is 1. The average molecular weight is 240 g/mol. The van der Waals surface area contributed by atoms with E-state index in [0.717, 1.165) is 10.0 Å². The van der Waals surface area contributed by atoms with Crippen molar-refractivity contribution in [1.29, 1.82) is 0 Å². The monoisotopic (exact) mass is 239 g/mol. The zero-order valence-electron chi connectivity index (χ0n) is 6.53. The van der Waals surface area contributed by atoms with Crippen molar-refractivity contribution in [3.05, 3.63) is 29.0 Å². The highest BCUT2D eigenvalue weighted by atomic mass is 79.9. The topological polar surface area (TPSA) is 61.8 Å². The van der Waals surface area contributed by atoms with Crippen LogP contribution in [0.25, 0.3) is 11.4 Å². The summed E-state index contributed by atoms with van der Waals surface area (Å²) in [6, 6.07) is 5.07. The molecule has 2 rings (SSSR count). The van der Waals surface area contributed by atoms with Crippen molar-refractivity contribution >= 4 is 15.9 Å². The Bertz CT molecular complexity index is 393. The maximum absolute atomic E-state index is 9.30. The van der Waals surface area contributed by atoms with E-state index in [9.17, 15) is 5.11 Å². The van der Waals surface area contributed by atoms with Crippen LogP contribution in [-0.2, 0) is 0 Å². The third-order valence-electron chi connectivity index (χ3n) is 1.57. The predicted octanol–water partition coefficient (Wildman–Crippen LogP) is 1.94. The normalized spacial score (nSPS) is 10.2. The van der Waals surface area contributed by atoms with Crippen LogP contribution in [-0.4, -0.2) is 20.3 Å². The van der Waals surface area contributed by atoms with Gasteiger partial charge in [0.25, 0.3) is 0 Å². The Morgan fingerprint density at radius 3 is 2.77 bits per heavy atom. The third-order valence-corrected chi connectivity index (χ3v) is 2.03. The smallest absolute Gasteiger partial charge is 0.155 e. The van der Waals surface area contributed by atoms with Crippen molar-refractivity contribution in [2.75, 3.05) is 0 Å². The van der Waals surface area contributed by atoms with E-state index < -0.39 is 0 Å². The van der Waals surface area contributed by atoms with Gasteiger partial charge in [-0.2, -0.15) is 5.10 Å². The molecule has 0 amide bonds. The number of rotatable bonds is 1. The summed E-state index contributed by atoms with van der Waals surface area (Å²) >= 11 is 3.28. The Morgan fingerprint density at radius 1 is 1.31 bits per heavy atom. The lowest BCUT2D eigenvalue weighted by Crippen LogP contribution is -1.80. The SMILES string of the molecule is Oc1cc(Br)cc(-c2ncn[nH]2)c1. The quantitative estimate of drug-likeness (QED) is 0.800. The molecule has 1 heterocycles. The summed E-state index contributed by atoms with van der Waals surface area (Å²) in [5, 5.41) is 15.7. The van der Waals surface area contributed by atoms with Crippen molar-refractivity contribution in [3.8, 4) is 17.1 Å². The number of hydrogen-bond donors (Lipinski definition) is 2. The van der Waals surface area contributed by atoms with Gasteiger partial charge in [0, 0.05) is 10.0 Å². The fourth-order valence-corrected chi connectivity index (χ4v) is 1.54. The summed E-state index contributed by atoms with van der Waals surface area (Å²) < 4.78 is 0.805. The molecule has 0 saturated heterocycles. The fourth-order valence-electron chi connectivity index (χ4n) is 1.06. The second-order valence-electron chi connectivity index (χ2n) is 2.53. The molecule has 0 aliphatic rings. The van der Waals surface area contributed by atoms with Gasteiger partial charge >= 0.3 is 0 Å². The molecule has 0 atom stereocenters. The van der Waals surface area contributed by atoms with Gasteiger partial charge in [0.1, 0.15) is 12.1 Å². The number of nitrogens with one attached hydrogen (secondary N) is 1. The zero-order valence-corrected chi connectivity index (χ0v) is 8.12. The molecule has 2 N–H and O–H groups in total. The van der Waals surface area contributed by atoms with Gasteiger partial charge in [0.2, 0.25) is 0 Å². The van der Waals surface area contributed by atoms with Crippen LogP contribution in [0, 0.1) is 0 Å². The first-order chi connectivity index (χ1) is 6.25. The van der Waals surface area contributed by atoms with Gasteiger partial charge in [-0.15, -0.1) is 0 Å². The molecule has 1 aromatic carbocycles. The van der Waals surface area contributed by atoms with Gasteiger partial charge in [-0.1, -0.05) is 15.9 Å². The molecule has 0 aliphatic carbocycles. The average Bonchev–Trinajstić information content (AvgIpc) is 2.53. The van der Waals surface area contributed by atoms with E-state index in [0.29, 0.717) is 5.82 Å². The lowest BCUT2D eigenvalue weighted by molar-refractivity contribution is 0.475. The molecule has 0 radical (unpaired) electrons. The Hall–Kier alpha value is -1.36. The van der Waals surface area contributed by atoms with Crippen LogP contribution in [0.15, 0.2) is 29.0 Å². The second-order valence-corrected chi connectivity index (χ2v) is 3.45. The van der Waals surface area contributed by atoms with Crippen LogP contribution in [0.3, 0.4) is 0 Å². The van der Waals surface area contributed by atoms with Gasteiger partial charge in [0.05, 0.1) is 0 Å². The lowest BCUT2D eigenvalue weighted by atomic mass is 10.2. The number of H-pyrrole nitrogens is 1. The largest absolute Gasteiger partial charge is 0.508 e. The summed E-state index contributed by atoms with van der Waals surface area (Å²) in [7, 11) is 0. The Morgan fingerprint density at radius 2 is 2.15 bits per heavy atom. The number of nitrogens with zero attached hydrogens (tertiary/aromatic N) is 2. The van der Waals surface area contributed by atoms with Crippen LogP contribution in [0.4, 0.5) is 0 Å². The van der Waals surface area contributed by atoms with Crippen LogP contribution in [0.2, 0.25) is 0 Å². The maximum atomic E-state index is 9.30. The molecular weight excluding hydrogens is 234 g/mol. The molecule has 0 unspecified atom stereocenters. The van der Waals surface area contributed by atoms with Crippen LogP contribution >= 0.6 is 15.9 Å². The summed E-state index contributed by atoms with van der Waals surface area (Å²) in [4.78, 5) is 3.97. The van der Waals surface area contributed by atoms with E-state index in [1.54, 1.807) is 12.1 Å². The Labute approximate surface area is 82.8 Å². The van der Waals surface area contributed by atoms with Crippen molar-refractivity contribution in [2.45, 2.75) is 0 Å². The standard InChI is InChI=1S/C8H6BrN3O/c9-6-1-5(2-7(13)3-6)8-10-4-11-12-8/h1-4,13H,(H,10,11,12). The van der Waals surface area contributed by atoms with Gasteiger partial charge < -0.3 is 5.11 Å². The highest BCUT2D eigenvalue weighted by Crippen LogP contribution is 2.25. The first-order valence-electron chi connectivity index (χ1n) is 3.61. The molecule has 4 nitrogen and oxygen atoms in total. The molecule has 0 bridgehead atoms. The lowest BCUT2D eigenvalue weighted by Gasteiger charge is -1.98. The number of phenols is 1. The highest BCUT2D eigenvalue weighted by molar-refractivity contribution is 9.10. The number of hydrogen-bond acceptors (Lipinski definition) is 3. The third kappa shape index (κ3) is 1.70. The van der Waals surface area contributed by atoms with E-state index in [2.05, 4.69) is 31.1 Å². The Balaban J connectivity index is 2.53. The second kappa shape index (κ2) is 3.18. The van der Waals surface area contributed by atoms with Gasteiger partial charge in [-0.05, 0) is 18.2 Å². The summed E-state index contributed by atoms with van der Waals surface area (Å²) in [5.41, 5.74) is 0.796. The number of aromatic nitrogens is 3. The van der Waals surface area contributed by atoms with E-state index in [1.807, 2.05) is 6.07 Å². The number of aromatic hydroxyl groups is 1. The van der Waals surface area contributed by atoms with E-state index in [-0.39, 0.29) is 5.75 Å². The Kier molecular flexibility index (Phi) is 2.02. The van der Waals surface area contributed by atoms with Crippen LogP contribution < -0.4 is 0 Å². The molecule has 2 aromatic rings. The van der Waals surface area contributed by atoms with E-state index in [4.69, 9.17) is 0 Å². The van der Waals surface area contributed by atoms with Gasteiger partial charge in [0.15, 0.2) is 5.82 Å². The van der Waals surface area contributed by atoms with Gasteiger partial charge in [-0.3, -0.25) is 5.10 Å². The van der Waals surface area contributed by atoms with E-state index >= 15 is 0 Å². The van der Waals surface area contributed by atoms with Crippen molar-refractivity contribution in [2.24, 2.45) is 0 Å². The van der Waals surface area contributed by atoms with Crippen molar-refractivity contribution < 1.29 is 5.11 Å². The number of benzene rings is 1. The summed E-state index contributed by atoms with van der Waals surface area (Å²) in [6.45, 7) is 0. The molecule has 0 aliphatic heterocycles. The van der Waals surface area contributed by atoms with Crippen LogP contribution in [0.5, 0.6) is 5.75 Å². The van der Waals surface area contributed by atoms with E-state index in [1.165, 1.54) is 6.33 Å². The molecular formula is C8H6BrN3O. The molecule has 1 aromatic heterocycles. The molecule has 0 fully saturated rings. The van der Waals surface area contributed by atoms with Crippen molar-refractivity contribution in [1.82, 2.24) is 15.2 Å². The minimum Gasteiger partial charge on any atom is -0.508 e. The summed E-state index contributed by atoms with van der Waals surface area (Å²) in [5.74, 6) is 0.831. The fraction of sp³-hybridized carbons (Fsp3) is 0. The molecule has 66 valence electrons. The zero-order chi connectivity index (χ0) is 9.26. The number of phenolic OH excluding ortho intramolecular Hbond substituents is 1. The first-order valence-corrected chi connectivity index (χ1v) is 4.40. The molecule has 13 heavy (non-hydrogen) atoms. The predicted molar refractivity (Wildman–Crippen MR) is 51.2 cm³/mol. The van der Waals surface area contributed by atoms with Crippen LogP contribution in [0.1, 0.15) is 0 Å². The minimum absolute atomic E-state index is 0.195. The first kappa shape index (κ1) is 8.25. The molecule has 5 heteroatoms. The van der Waals surface area contributed by atoms with Gasteiger partial charge in [-0.25, -0.2) is 4.98 Å².